The van der Waals surface area contributed by atoms with Gasteiger partial charge >= 0.3 is 0 Å². The van der Waals surface area contributed by atoms with Crippen molar-refractivity contribution < 1.29 is 13.2 Å². The van der Waals surface area contributed by atoms with Gasteiger partial charge in [0.05, 0.1) is 11.8 Å². The van der Waals surface area contributed by atoms with Gasteiger partial charge in [-0.3, -0.25) is 4.79 Å². The monoisotopic (exact) mass is 261 g/mol. The van der Waals surface area contributed by atoms with E-state index in [1.165, 1.54) is 4.31 Å². The maximum Gasteiger partial charge on any atom is 0.224 e. The van der Waals surface area contributed by atoms with Crippen molar-refractivity contribution in [3.05, 3.63) is 0 Å². The number of carbonyl (C=O) groups is 1. The molecule has 0 spiro atoms. The molecule has 2 rings (SSSR count). The van der Waals surface area contributed by atoms with Gasteiger partial charge in [0, 0.05) is 32.1 Å². The summed E-state index contributed by atoms with van der Waals surface area (Å²) in [6, 6.07) is -0.0634. The van der Waals surface area contributed by atoms with E-state index < -0.39 is 10.0 Å². The molecular formula is C10H19N3O3S. The third-order valence-electron chi connectivity index (χ3n) is 3.31. The predicted octanol–water partition coefficient (Wildman–Crippen LogP) is -1.03. The highest BCUT2D eigenvalue weighted by Gasteiger charge is 2.42. The summed E-state index contributed by atoms with van der Waals surface area (Å²) in [6.45, 7) is 3.27. The van der Waals surface area contributed by atoms with E-state index in [1.807, 2.05) is 6.92 Å². The van der Waals surface area contributed by atoms with E-state index in [9.17, 15) is 13.2 Å². The summed E-state index contributed by atoms with van der Waals surface area (Å²) in [5.41, 5.74) is 5.71. The van der Waals surface area contributed by atoms with Crippen molar-refractivity contribution in [2.45, 2.75) is 31.8 Å². The second-order valence-corrected chi connectivity index (χ2v) is 6.89. The highest BCUT2D eigenvalue weighted by Crippen LogP contribution is 2.23. The molecule has 2 saturated heterocycles. The Hall–Kier alpha value is -0.660. The number of sulfonamides is 1. The molecular weight excluding hydrogens is 242 g/mol. The number of carbonyl (C=O) groups excluding carboxylic acids is 1. The van der Waals surface area contributed by atoms with Gasteiger partial charge in [0.1, 0.15) is 0 Å². The summed E-state index contributed by atoms with van der Waals surface area (Å²) in [6.07, 6.45) is 1.01. The minimum atomic E-state index is -3.10. The Morgan fingerprint density at radius 1 is 1.35 bits per heavy atom. The largest absolute Gasteiger partial charge is 0.335 e. The predicted molar refractivity (Wildman–Crippen MR) is 63.7 cm³/mol. The van der Waals surface area contributed by atoms with Gasteiger partial charge in [-0.15, -0.1) is 0 Å². The summed E-state index contributed by atoms with van der Waals surface area (Å²) >= 11 is 0. The number of amides is 1. The molecule has 0 aliphatic carbocycles. The number of nitrogens with two attached hydrogens (primary N) is 1. The maximum atomic E-state index is 11.7. The van der Waals surface area contributed by atoms with Crippen molar-refractivity contribution in [3.63, 3.8) is 0 Å². The van der Waals surface area contributed by atoms with Crippen LogP contribution >= 0.6 is 0 Å². The van der Waals surface area contributed by atoms with Crippen LogP contribution in [0.1, 0.15) is 19.8 Å². The van der Waals surface area contributed by atoms with Crippen molar-refractivity contribution in [1.29, 1.82) is 0 Å². The van der Waals surface area contributed by atoms with Crippen LogP contribution in [0.15, 0.2) is 0 Å². The zero-order valence-electron chi connectivity index (χ0n) is 10.0. The zero-order valence-corrected chi connectivity index (χ0v) is 10.8. The second kappa shape index (κ2) is 4.55. The van der Waals surface area contributed by atoms with Crippen molar-refractivity contribution in [3.8, 4) is 0 Å². The molecule has 2 aliphatic heterocycles. The van der Waals surface area contributed by atoms with Crippen LogP contribution < -0.4 is 5.73 Å². The zero-order chi connectivity index (χ0) is 12.6. The van der Waals surface area contributed by atoms with Crippen molar-refractivity contribution in [2.24, 2.45) is 5.73 Å². The first-order chi connectivity index (χ1) is 7.94. The first kappa shape index (κ1) is 12.8. The lowest BCUT2D eigenvalue weighted by Crippen LogP contribution is -2.61. The average Bonchev–Trinajstić information content (AvgIpc) is 2.42. The number of likely N-dealkylation sites (tertiary alicyclic amines) is 1. The van der Waals surface area contributed by atoms with Crippen LogP contribution in [0.5, 0.6) is 0 Å². The summed E-state index contributed by atoms with van der Waals surface area (Å²) in [7, 11) is -3.10. The Morgan fingerprint density at radius 3 is 2.47 bits per heavy atom. The molecule has 0 radical (unpaired) electrons. The van der Waals surface area contributed by atoms with Crippen LogP contribution in [0.4, 0.5) is 0 Å². The third kappa shape index (κ3) is 2.46. The van der Waals surface area contributed by atoms with Crippen molar-refractivity contribution in [1.82, 2.24) is 9.21 Å². The Morgan fingerprint density at radius 2 is 2.00 bits per heavy atom. The fourth-order valence-corrected chi connectivity index (χ4v) is 3.91. The molecule has 2 N–H and O–H groups in total. The van der Waals surface area contributed by atoms with Gasteiger partial charge in [-0.2, -0.15) is 4.31 Å². The van der Waals surface area contributed by atoms with Crippen LogP contribution in [-0.4, -0.2) is 61.0 Å². The fourth-order valence-electron chi connectivity index (χ4n) is 2.34. The standard InChI is InChI=1S/C10H19N3O3S/c1-2-3-17(15,16)12-6-9(7-12)13-5-8(11)4-10(13)14/h8-9H,2-7,11H2,1H3. The Labute approximate surface area is 102 Å². The topological polar surface area (TPSA) is 83.7 Å². The molecule has 1 amide bonds. The number of hydrogen-bond donors (Lipinski definition) is 1. The molecule has 0 saturated carbocycles. The number of rotatable bonds is 4. The van der Waals surface area contributed by atoms with E-state index in [1.54, 1.807) is 4.90 Å². The molecule has 2 heterocycles. The molecule has 17 heavy (non-hydrogen) atoms. The van der Waals surface area contributed by atoms with Crippen LogP contribution in [0.25, 0.3) is 0 Å². The smallest absolute Gasteiger partial charge is 0.224 e. The molecule has 0 aromatic carbocycles. The highest BCUT2D eigenvalue weighted by molar-refractivity contribution is 7.89. The lowest BCUT2D eigenvalue weighted by Gasteiger charge is -2.42. The molecule has 0 aromatic rings. The maximum absolute atomic E-state index is 11.7. The van der Waals surface area contributed by atoms with Crippen LogP contribution in [0.3, 0.4) is 0 Å². The minimum Gasteiger partial charge on any atom is -0.335 e. The average molecular weight is 261 g/mol. The van der Waals surface area contributed by atoms with Gasteiger partial charge in [0.25, 0.3) is 0 Å². The lowest BCUT2D eigenvalue weighted by molar-refractivity contribution is -0.131. The van der Waals surface area contributed by atoms with Crippen molar-refractivity contribution >= 4 is 15.9 Å². The van der Waals surface area contributed by atoms with Gasteiger partial charge in [-0.25, -0.2) is 8.42 Å². The minimum absolute atomic E-state index is 0.0303. The summed E-state index contributed by atoms with van der Waals surface area (Å²) < 4.78 is 24.9. The van der Waals surface area contributed by atoms with Gasteiger partial charge in [-0.05, 0) is 6.42 Å². The first-order valence-corrected chi connectivity index (χ1v) is 7.58. The van der Waals surface area contributed by atoms with Gasteiger partial charge in [0.15, 0.2) is 0 Å². The molecule has 0 bridgehead atoms. The summed E-state index contributed by atoms with van der Waals surface area (Å²) in [5.74, 6) is 0.239. The Kier molecular flexibility index (Phi) is 3.42. The van der Waals surface area contributed by atoms with Crippen LogP contribution in [0.2, 0.25) is 0 Å². The van der Waals surface area contributed by atoms with E-state index in [4.69, 9.17) is 5.73 Å². The Balaban J connectivity index is 1.89. The van der Waals surface area contributed by atoms with E-state index in [2.05, 4.69) is 0 Å². The van der Waals surface area contributed by atoms with Gasteiger partial charge < -0.3 is 10.6 Å². The van der Waals surface area contributed by atoms with Gasteiger partial charge in [0.2, 0.25) is 15.9 Å². The summed E-state index contributed by atoms with van der Waals surface area (Å²) in [4.78, 5) is 13.3. The third-order valence-corrected chi connectivity index (χ3v) is 5.32. The lowest BCUT2D eigenvalue weighted by atomic mass is 10.1. The van der Waals surface area contributed by atoms with E-state index in [0.29, 0.717) is 32.5 Å². The van der Waals surface area contributed by atoms with Crippen LogP contribution in [0, 0.1) is 0 Å². The SMILES string of the molecule is CCCS(=O)(=O)N1CC(N2CC(N)CC2=O)C1. The molecule has 1 unspecified atom stereocenters. The molecule has 7 heteroatoms. The second-order valence-electron chi connectivity index (χ2n) is 4.80. The van der Waals surface area contributed by atoms with E-state index in [0.717, 1.165) is 0 Å². The van der Waals surface area contributed by atoms with E-state index in [-0.39, 0.29) is 23.7 Å². The quantitative estimate of drug-likeness (QED) is 0.701. The van der Waals surface area contributed by atoms with Crippen LogP contribution in [-0.2, 0) is 14.8 Å². The molecule has 0 aromatic heterocycles. The fraction of sp³-hybridized carbons (Fsp3) is 0.900. The molecule has 6 nitrogen and oxygen atoms in total. The molecule has 2 aliphatic rings. The normalized spacial score (nSPS) is 27.5. The first-order valence-electron chi connectivity index (χ1n) is 5.97. The molecule has 1 atom stereocenters. The number of nitrogens with zero attached hydrogens (tertiary/aromatic N) is 2. The molecule has 98 valence electrons. The highest BCUT2D eigenvalue weighted by atomic mass is 32.2. The molecule has 2 fully saturated rings. The van der Waals surface area contributed by atoms with E-state index >= 15 is 0 Å². The number of hydrogen-bond acceptors (Lipinski definition) is 4. The summed E-state index contributed by atoms with van der Waals surface area (Å²) in [5, 5.41) is 0. The van der Waals surface area contributed by atoms with Gasteiger partial charge in [-0.1, -0.05) is 6.92 Å². The Bertz CT molecular complexity index is 403. The van der Waals surface area contributed by atoms with Crippen molar-refractivity contribution in [2.75, 3.05) is 25.4 Å².